The highest BCUT2D eigenvalue weighted by molar-refractivity contribution is 5.94. The Morgan fingerprint density at radius 1 is 0.945 bits per heavy atom. The summed E-state index contributed by atoms with van der Waals surface area (Å²) in [5, 5.41) is 16.5. The van der Waals surface area contributed by atoms with E-state index in [9.17, 15) is 14.4 Å². The maximum atomic E-state index is 14.7. The summed E-state index contributed by atoms with van der Waals surface area (Å²) in [6, 6.07) is 7.32. The molecule has 4 heterocycles. The topological polar surface area (TPSA) is 148 Å². The van der Waals surface area contributed by atoms with Gasteiger partial charge in [-0.1, -0.05) is 49.8 Å². The predicted octanol–water partition coefficient (Wildman–Crippen LogP) is 4.18. The van der Waals surface area contributed by atoms with Crippen molar-refractivity contribution in [3.8, 4) is 0 Å². The van der Waals surface area contributed by atoms with Crippen molar-refractivity contribution in [1.29, 1.82) is 0 Å². The number of hydroxylamine groups is 2. The summed E-state index contributed by atoms with van der Waals surface area (Å²) in [4.78, 5) is 48.3. The second kappa shape index (κ2) is 13.1. The Bertz CT molecular complexity index is 1760. The van der Waals surface area contributed by atoms with Gasteiger partial charge in [0.1, 0.15) is 29.8 Å². The molecular weight excluding hydrogens is 702 g/mol. The molecule has 0 radical (unpaired) electrons. The van der Waals surface area contributed by atoms with Gasteiger partial charge in [-0.3, -0.25) is 19.2 Å². The van der Waals surface area contributed by atoms with Crippen LogP contribution in [0.25, 0.3) is 6.08 Å². The van der Waals surface area contributed by atoms with E-state index in [1.165, 1.54) is 18.4 Å². The van der Waals surface area contributed by atoms with Crippen molar-refractivity contribution in [3.05, 3.63) is 41.0 Å². The number of amides is 2. The van der Waals surface area contributed by atoms with Crippen LogP contribution in [-0.4, -0.2) is 95.6 Å². The number of rotatable bonds is 11. The smallest absolute Gasteiger partial charge is 0.327 e. The largest absolute Gasteiger partial charge is 0.458 e. The summed E-state index contributed by atoms with van der Waals surface area (Å²) in [7, 11) is 0. The molecule has 4 saturated heterocycles. The number of carbonyl (C=O) groups excluding carboxylic acids is 3. The minimum Gasteiger partial charge on any atom is -0.458 e. The predicted molar refractivity (Wildman–Crippen MR) is 198 cm³/mol. The Labute approximate surface area is 323 Å². The number of allylic oxidation sites excluding steroid dienone is 1. The lowest BCUT2D eigenvalue weighted by Crippen LogP contribution is -2.69. The number of aliphatic hydroxyl groups excluding tert-OH is 1. The number of nitrogens with one attached hydrogen (secondary N) is 2. The van der Waals surface area contributed by atoms with Crippen molar-refractivity contribution in [3.63, 3.8) is 0 Å². The van der Waals surface area contributed by atoms with Crippen molar-refractivity contribution < 1.29 is 43.3 Å². The molecule has 0 aromatic heterocycles. The molecule has 10 rings (SSSR count). The number of epoxide rings is 1. The summed E-state index contributed by atoms with van der Waals surface area (Å²) in [5.74, 6) is -0.123. The molecule has 12 heteroatoms. The van der Waals surface area contributed by atoms with Crippen LogP contribution in [0, 0.1) is 34.5 Å². The van der Waals surface area contributed by atoms with Crippen LogP contribution in [0.3, 0.4) is 0 Å². The number of hydrogen-bond acceptors (Lipinski definition) is 10. The van der Waals surface area contributed by atoms with Gasteiger partial charge in [0.2, 0.25) is 11.8 Å². The number of nitrogens with zero attached hydrogens (tertiary/aromatic N) is 1. The average molecular weight is 760 g/mol. The SMILES string of the molecule is CC1(C)CC2C(=Cc3ccccc3CN3OC4C5OC(C6CC6)(C6CC6)OC5C5CC4(C(=O)NCCC(=O)NCCO)C3C(=O)O5)CCC3OC3(C)CCC21. The second-order valence-electron chi connectivity index (χ2n) is 19.1. The van der Waals surface area contributed by atoms with Crippen molar-refractivity contribution in [1.82, 2.24) is 15.7 Å². The fourth-order valence-corrected chi connectivity index (χ4v) is 11.8. The van der Waals surface area contributed by atoms with Gasteiger partial charge in [0.25, 0.3) is 0 Å². The third-order valence-electron chi connectivity index (χ3n) is 15.1. The first kappa shape index (κ1) is 36.5. The fraction of sp³-hybridized carbons (Fsp3) is 0.744. The molecule has 2 bridgehead atoms. The third-order valence-corrected chi connectivity index (χ3v) is 15.1. The highest BCUT2D eigenvalue weighted by atomic mass is 16.8. The zero-order chi connectivity index (χ0) is 37.9. The Kier molecular flexibility index (Phi) is 8.67. The van der Waals surface area contributed by atoms with E-state index in [0.29, 0.717) is 23.4 Å². The van der Waals surface area contributed by atoms with Crippen molar-refractivity contribution in [2.45, 2.75) is 146 Å². The van der Waals surface area contributed by atoms with Crippen molar-refractivity contribution in [2.75, 3.05) is 19.7 Å². The highest BCUT2D eigenvalue weighted by Gasteiger charge is 2.78. The molecule has 9 aliphatic rings. The lowest BCUT2D eigenvalue weighted by Gasteiger charge is -2.53. The number of ether oxygens (including phenoxy) is 4. The Hall–Kier alpha value is -2.87. The van der Waals surface area contributed by atoms with Crippen LogP contribution in [0.2, 0.25) is 0 Å². The maximum absolute atomic E-state index is 14.7. The van der Waals surface area contributed by atoms with Crippen LogP contribution in [0.1, 0.15) is 103 Å². The zero-order valence-electron chi connectivity index (χ0n) is 32.4. The first-order valence-electron chi connectivity index (χ1n) is 21.1. The van der Waals surface area contributed by atoms with Crippen molar-refractivity contribution >= 4 is 23.9 Å². The van der Waals surface area contributed by atoms with Gasteiger partial charge in [0, 0.05) is 37.8 Å². The molecule has 10 atom stereocenters. The van der Waals surface area contributed by atoms with Gasteiger partial charge >= 0.3 is 5.97 Å². The Morgan fingerprint density at radius 2 is 1.71 bits per heavy atom. The molecule has 298 valence electrons. The van der Waals surface area contributed by atoms with Crippen LogP contribution in [0.15, 0.2) is 29.8 Å². The van der Waals surface area contributed by atoms with E-state index in [1.54, 1.807) is 5.06 Å². The van der Waals surface area contributed by atoms with E-state index in [2.05, 4.69) is 55.7 Å². The van der Waals surface area contributed by atoms with Gasteiger partial charge in [-0.15, -0.1) is 0 Å². The van der Waals surface area contributed by atoms with Gasteiger partial charge in [0.05, 0.1) is 24.9 Å². The summed E-state index contributed by atoms with van der Waals surface area (Å²) in [6.07, 6.45) is 10.0. The van der Waals surface area contributed by atoms with E-state index in [0.717, 1.165) is 56.1 Å². The Morgan fingerprint density at radius 3 is 2.45 bits per heavy atom. The molecule has 2 amide bonds. The molecule has 4 aliphatic heterocycles. The molecular formula is C43H57N3O9. The minimum absolute atomic E-state index is 0.0136. The lowest BCUT2D eigenvalue weighted by atomic mass is 9.52. The lowest BCUT2D eigenvalue weighted by molar-refractivity contribution is -0.235. The second-order valence-corrected chi connectivity index (χ2v) is 19.1. The number of aliphatic hydroxyl groups is 1. The summed E-state index contributed by atoms with van der Waals surface area (Å²) < 4.78 is 26.4. The number of carbonyl (C=O) groups is 3. The monoisotopic (exact) mass is 759 g/mol. The highest BCUT2D eigenvalue weighted by Crippen LogP contribution is 2.64. The van der Waals surface area contributed by atoms with Crippen LogP contribution in [-0.2, 0) is 44.7 Å². The number of esters is 1. The van der Waals surface area contributed by atoms with Gasteiger partial charge in [-0.05, 0) is 93.1 Å². The fourth-order valence-electron chi connectivity index (χ4n) is 11.8. The van der Waals surface area contributed by atoms with Gasteiger partial charge in [-0.25, -0.2) is 0 Å². The van der Waals surface area contributed by atoms with Crippen LogP contribution >= 0.6 is 0 Å². The quantitative estimate of drug-likeness (QED) is 0.222. The molecule has 9 fully saturated rings. The standard InChI is InChI=1S/C43H57N3O9/c1-40(2)21-29-25(8-13-32-41(3,52-32)16-14-30(29)40)20-24-6-4-5-7-26(24)23-46-36-38(49)51-31-22-42(36,39(50)45-17-15-33(48)44-18-19-47)37(55-46)35-34(31)53-43(54-35,27-9-10-27)28-11-12-28/h4-7,20,27-32,34-37,47H,8-19,21-23H2,1-3H3,(H,44,48)(H,45,50). The molecule has 5 aliphatic carbocycles. The molecule has 1 aromatic carbocycles. The van der Waals surface area contributed by atoms with Gasteiger partial charge in [-0.2, -0.15) is 5.06 Å². The van der Waals surface area contributed by atoms with Gasteiger partial charge in [0.15, 0.2) is 11.8 Å². The third kappa shape index (κ3) is 5.94. The number of benzene rings is 1. The van der Waals surface area contributed by atoms with E-state index in [1.807, 2.05) is 6.07 Å². The first-order chi connectivity index (χ1) is 26.5. The van der Waals surface area contributed by atoms with E-state index < -0.39 is 47.6 Å². The molecule has 10 unspecified atom stereocenters. The Balaban J connectivity index is 0.964. The molecule has 5 saturated carbocycles. The first-order valence-corrected chi connectivity index (χ1v) is 21.1. The van der Waals surface area contributed by atoms with Crippen molar-refractivity contribution in [2.24, 2.45) is 34.5 Å². The van der Waals surface area contributed by atoms with Crippen LogP contribution in [0.4, 0.5) is 0 Å². The molecule has 1 aromatic rings. The molecule has 55 heavy (non-hydrogen) atoms. The molecule has 12 nitrogen and oxygen atoms in total. The summed E-state index contributed by atoms with van der Waals surface area (Å²) in [6.45, 7) is 7.43. The summed E-state index contributed by atoms with van der Waals surface area (Å²) in [5.41, 5.74) is 2.58. The zero-order valence-corrected chi connectivity index (χ0v) is 32.4. The number of fused-ring (bicyclic) bond motifs is 6. The summed E-state index contributed by atoms with van der Waals surface area (Å²) >= 11 is 0. The van der Waals surface area contributed by atoms with E-state index in [4.69, 9.17) is 28.9 Å². The van der Waals surface area contributed by atoms with Crippen LogP contribution < -0.4 is 10.6 Å². The van der Waals surface area contributed by atoms with E-state index in [-0.39, 0.29) is 68.3 Å². The minimum atomic E-state index is -1.30. The normalized spacial score (nSPS) is 41.4. The van der Waals surface area contributed by atoms with E-state index >= 15 is 0 Å². The average Bonchev–Trinajstić information content (AvgIpc) is 4.10. The molecule has 3 N–H and O–H groups in total. The number of hydrogen-bond donors (Lipinski definition) is 3. The maximum Gasteiger partial charge on any atom is 0.327 e. The van der Waals surface area contributed by atoms with Crippen LogP contribution in [0.5, 0.6) is 0 Å². The van der Waals surface area contributed by atoms with Gasteiger partial charge < -0.3 is 34.7 Å². The molecule has 0 spiro atoms.